The fourth-order valence-corrected chi connectivity index (χ4v) is 4.46. The third kappa shape index (κ3) is 4.07. The number of nitrogens with zero attached hydrogens (tertiary/aromatic N) is 4. The Morgan fingerprint density at radius 3 is 2.67 bits per heavy atom. The Labute approximate surface area is 161 Å². The molecule has 0 bridgehead atoms. The third-order valence-corrected chi connectivity index (χ3v) is 5.84. The lowest BCUT2D eigenvalue weighted by molar-refractivity contribution is 0.148. The van der Waals surface area contributed by atoms with Gasteiger partial charge in [-0.25, -0.2) is 19.3 Å². The first-order valence-electron chi connectivity index (χ1n) is 9.29. The zero-order valence-electron chi connectivity index (χ0n) is 15.2. The molecular weight excluding hydrogens is 363 g/mol. The number of anilines is 1. The number of aromatic nitrogens is 3. The minimum atomic E-state index is -0.412. The lowest BCUT2D eigenvalue weighted by Gasteiger charge is -2.38. The molecule has 3 aromatic rings. The molecule has 1 aliphatic heterocycles. The van der Waals surface area contributed by atoms with Crippen LogP contribution in [-0.2, 0) is 0 Å². The van der Waals surface area contributed by atoms with Crippen LogP contribution in [0.25, 0.3) is 10.2 Å². The van der Waals surface area contributed by atoms with Crippen LogP contribution in [0.15, 0.2) is 36.7 Å². The fourth-order valence-electron chi connectivity index (χ4n) is 3.53. The molecule has 0 amide bonds. The van der Waals surface area contributed by atoms with Crippen LogP contribution in [-0.4, -0.2) is 52.1 Å². The van der Waals surface area contributed by atoms with Gasteiger partial charge in [-0.05, 0) is 18.6 Å². The molecule has 2 atom stereocenters. The lowest BCUT2D eigenvalue weighted by Crippen LogP contribution is -2.50. The van der Waals surface area contributed by atoms with Gasteiger partial charge in [-0.15, -0.1) is 0 Å². The third-order valence-electron chi connectivity index (χ3n) is 4.87. The van der Waals surface area contributed by atoms with Gasteiger partial charge < -0.3 is 10.6 Å². The highest BCUT2D eigenvalue weighted by Crippen LogP contribution is 2.30. The zero-order chi connectivity index (χ0) is 18.6. The molecule has 2 aromatic heterocycles. The van der Waals surface area contributed by atoms with Crippen LogP contribution in [0.3, 0.4) is 0 Å². The summed E-state index contributed by atoms with van der Waals surface area (Å²) in [6.45, 7) is 5.81. The van der Waals surface area contributed by atoms with E-state index in [1.165, 1.54) is 12.4 Å². The first-order chi connectivity index (χ1) is 13.2. The first-order valence-corrected chi connectivity index (χ1v) is 10.1. The fraction of sp³-hybridized carbons (Fsp3) is 0.421. The van der Waals surface area contributed by atoms with Crippen LogP contribution in [0, 0.1) is 5.82 Å². The topological polar surface area (TPSA) is 66.0 Å². The molecule has 4 rings (SSSR count). The maximum absolute atomic E-state index is 13.4. The van der Waals surface area contributed by atoms with E-state index >= 15 is 0 Å². The molecule has 0 spiro atoms. The first kappa shape index (κ1) is 18.2. The average Bonchev–Trinajstić information content (AvgIpc) is 3.12. The van der Waals surface area contributed by atoms with Gasteiger partial charge in [-0.3, -0.25) is 4.90 Å². The van der Waals surface area contributed by atoms with E-state index in [0.29, 0.717) is 5.82 Å². The van der Waals surface area contributed by atoms with Crippen molar-refractivity contribution in [3.05, 3.63) is 48.3 Å². The average molecular weight is 387 g/mol. The number of nitrogens with one attached hydrogen (secondary N) is 2. The van der Waals surface area contributed by atoms with Gasteiger partial charge in [0.05, 0.1) is 34.7 Å². The zero-order valence-corrected chi connectivity index (χ0v) is 16.0. The molecule has 1 aliphatic rings. The van der Waals surface area contributed by atoms with Crippen LogP contribution in [0.1, 0.15) is 25.2 Å². The number of thiazole rings is 1. The predicted molar refractivity (Wildman–Crippen MR) is 106 cm³/mol. The van der Waals surface area contributed by atoms with Gasteiger partial charge in [0.1, 0.15) is 5.82 Å². The molecule has 1 fully saturated rings. The molecule has 0 saturated carbocycles. The molecule has 3 heterocycles. The van der Waals surface area contributed by atoms with Crippen molar-refractivity contribution < 1.29 is 4.39 Å². The Hall–Kier alpha value is -2.16. The van der Waals surface area contributed by atoms with Crippen molar-refractivity contribution in [2.45, 2.75) is 25.4 Å². The summed E-state index contributed by atoms with van der Waals surface area (Å²) in [4.78, 5) is 15.7. The number of para-hydroxylation sites is 1. The van der Waals surface area contributed by atoms with E-state index in [9.17, 15) is 4.39 Å². The molecule has 8 heteroatoms. The summed E-state index contributed by atoms with van der Waals surface area (Å²) in [7, 11) is 0. The summed E-state index contributed by atoms with van der Waals surface area (Å²) >= 11 is 1.65. The largest absolute Gasteiger partial charge is 0.357 e. The second-order valence-corrected chi connectivity index (χ2v) is 7.67. The van der Waals surface area contributed by atoms with Crippen LogP contribution in [0.4, 0.5) is 9.52 Å². The van der Waals surface area contributed by atoms with Crippen LogP contribution >= 0.6 is 11.3 Å². The number of benzene rings is 1. The highest BCUT2D eigenvalue weighted by Gasteiger charge is 2.32. The number of halogens is 1. The number of hydrogen-bond donors (Lipinski definition) is 2. The molecule has 1 saturated heterocycles. The van der Waals surface area contributed by atoms with Gasteiger partial charge in [0.15, 0.2) is 10.9 Å². The smallest absolute Gasteiger partial charge is 0.184 e. The van der Waals surface area contributed by atoms with Gasteiger partial charge >= 0.3 is 0 Å². The quantitative estimate of drug-likeness (QED) is 0.679. The second kappa shape index (κ2) is 8.24. The highest BCUT2D eigenvalue weighted by molar-refractivity contribution is 7.22. The van der Waals surface area contributed by atoms with E-state index in [1.54, 1.807) is 11.3 Å². The van der Waals surface area contributed by atoms with Gasteiger partial charge in [0.25, 0.3) is 0 Å². The molecule has 2 N–H and O–H groups in total. The van der Waals surface area contributed by atoms with Gasteiger partial charge in [-0.1, -0.05) is 30.4 Å². The number of piperazine rings is 1. The molecule has 0 radical (unpaired) electrons. The van der Waals surface area contributed by atoms with Crippen molar-refractivity contribution in [1.29, 1.82) is 0 Å². The molecule has 0 aliphatic carbocycles. The Balaban J connectivity index is 1.64. The molecular formula is C19H23FN6S. The lowest BCUT2D eigenvalue weighted by atomic mass is 10.0. The van der Waals surface area contributed by atoms with Gasteiger partial charge in [0.2, 0.25) is 0 Å². The monoisotopic (exact) mass is 386 g/mol. The maximum atomic E-state index is 13.4. The molecule has 2 unspecified atom stereocenters. The van der Waals surface area contributed by atoms with Crippen molar-refractivity contribution in [2.24, 2.45) is 0 Å². The predicted octanol–water partition coefficient (Wildman–Crippen LogP) is 3.06. The van der Waals surface area contributed by atoms with Crippen LogP contribution < -0.4 is 10.6 Å². The van der Waals surface area contributed by atoms with Crippen LogP contribution in [0.5, 0.6) is 0 Å². The minimum Gasteiger partial charge on any atom is -0.357 e. The van der Waals surface area contributed by atoms with Crippen molar-refractivity contribution in [2.75, 3.05) is 31.5 Å². The number of rotatable bonds is 6. The number of hydrogen-bond acceptors (Lipinski definition) is 7. The summed E-state index contributed by atoms with van der Waals surface area (Å²) in [5, 5.41) is 7.88. The standard InChI is InChI=1S/C19H23FN6S/c1-2-14(24-19-25-15-5-3-4-6-16(15)27-19)17(26-9-7-21-8-10-26)18-22-11-13(20)12-23-18/h3-6,11-12,14,17,21H,2,7-10H2,1H3,(H,24,25). The van der Waals surface area contributed by atoms with Crippen molar-refractivity contribution in [3.63, 3.8) is 0 Å². The Kier molecular flexibility index (Phi) is 5.56. The molecule has 1 aromatic carbocycles. The van der Waals surface area contributed by atoms with E-state index in [4.69, 9.17) is 4.98 Å². The van der Waals surface area contributed by atoms with E-state index in [1.807, 2.05) is 18.2 Å². The van der Waals surface area contributed by atoms with Gasteiger partial charge in [-0.2, -0.15) is 0 Å². The Morgan fingerprint density at radius 1 is 1.22 bits per heavy atom. The minimum absolute atomic E-state index is 0.0373. The Bertz CT molecular complexity index is 844. The van der Waals surface area contributed by atoms with Crippen molar-refractivity contribution >= 4 is 26.7 Å². The van der Waals surface area contributed by atoms with Gasteiger partial charge in [0, 0.05) is 26.2 Å². The SMILES string of the molecule is CCC(Nc1nc2ccccc2s1)C(c1ncc(F)cn1)N1CCNCC1. The summed E-state index contributed by atoms with van der Waals surface area (Å²) in [6, 6.07) is 8.17. The van der Waals surface area contributed by atoms with Crippen molar-refractivity contribution in [1.82, 2.24) is 25.2 Å². The maximum Gasteiger partial charge on any atom is 0.184 e. The Morgan fingerprint density at radius 2 is 1.96 bits per heavy atom. The van der Waals surface area contributed by atoms with E-state index in [2.05, 4.69) is 38.5 Å². The number of fused-ring (bicyclic) bond motifs is 1. The summed E-state index contributed by atoms with van der Waals surface area (Å²) in [5.41, 5.74) is 0.997. The van der Waals surface area contributed by atoms with Crippen molar-refractivity contribution in [3.8, 4) is 0 Å². The van der Waals surface area contributed by atoms with E-state index in [0.717, 1.165) is 47.9 Å². The second-order valence-electron chi connectivity index (χ2n) is 6.64. The van der Waals surface area contributed by atoms with E-state index < -0.39 is 5.82 Å². The molecule has 27 heavy (non-hydrogen) atoms. The normalized spacial score (nSPS) is 17.7. The summed E-state index contributed by atoms with van der Waals surface area (Å²) in [5.74, 6) is 0.240. The summed E-state index contributed by atoms with van der Waals surface area (Å²) in [6.07, 6.45) is 3.38. The molecule has 142 valence electrons. The van der Waals surface area contributed by atoms with Crippen LogP contribution in [0.2, 0.25) is 0 Å². The van der Waals surface area contributed by atoms with E-state index in [-0.39, 0.29) is 12.1 Å². The highest BCUT2D eigenvalue weighted by atomic mass is 32.1. The summed E-state index contributed by atoms with van der Waals surface area (Å²) < 4.78 is 14.5. The molecule has 6 nitrogen and oxygen atoms in total.